The summed E-state index contributed by atoms with van der Waals surface area (Å²) in [5, 5.41) is 16.0. The minimum Gasteiger partial charge on any atom is -0.486 e. The highest BCUT2D eigenvalue weighted by Crippen LogP contribution is 2.22. The van der Waals surface area contributed by atoms with Crippen molar-refractivity contribution in [1.82, 2.24) is 4.98 Å². The first-order chi connectivity index (χ1) is 13.4. The van der Waals surface area contributed by atoms with Gasteiger partial charge in [0, 0.05) is 17.5 Å². The lowest BCUT2D eigenvalue weighted by Crippen LogP contribution is -2.15. The highest BCUT2D eigenvalue weighted by molar-refractivity contribution is 7.09. The number of carbonyl (C=O) groups is 1. The SMILES string of the molecule is Cc1ccc([N+](=O)[O-])cc1NC(=O)Cc1csc(COc2ccc(F)cc2)n1. The van der Waals surface area contributed by atoms with Gasteiger partial charge in [0.1, 0.15) is 23.2 Å². The number of nitro groups is 1. The van der Waals surface area contributed by atoms with Gasteiger partial charge in [0.2, 0.25) is 5.91 Å². The van der Waals surface area contributed by atoms with Crippen LogP contribution in [0, 0.1) is 22.9 Å². The second-order valence-electron chi connectivity index (χ2n) is 5.96. The minimum absolute atomic E-state index is 0.0369. The Bertz CT molecular complexity index is 1000. The predicted molar refractivity (Wildman–Crippen MR) is 103 cm³/mol. The molecule has 0 spiro atoms. The smallest absolute Gasteiger partial charge is 0.271 e. The van der Waals surface area contributed by atoms with Crippen molar-refractivity contribution in [3.8, 4) is 5.75 Å². The van der Waals surface area contributed by atoms with Gasteiger partial charge in [-0.15, -0.1) is 11.3 Å². The molecule has 1 aromatic heterocycles. The van der Waals surface area contributed by atoms with E-state index in [1.165, 1.54) is 47.7 Å². The third-order valence-electron chi connectivity index (χ3n) is 3.82. The molecule has 144 valence electrons. The van der Waals surface area contributed by atoms with Crippen molar-refractivity contribution >= 4 is 28.6 Å². The van der Waals surface area contributed by atoms with E-state index < -0.39 is 4.92 Å². The molecular weight excluding hydrogens is 385 g/mol. The van der Waals surface area contributed by atoms with Gasteiger partial charge in [-0.2, -0.15) is 0 Å². The summed E-state index contributed by atoms with van der Waals surface area (Å²) in [4.78, 5) is 27.0. The third-order valence-corrected chi connectivity index (χ3v) is 4.69. The summed E-state index contributed by atoms with van der Waals surface area (Å²) in [6.45, 7) is 1.97. The number of nitrogens with zero attached hydrogens (tertiary/aromatic N) is 2. The van der Waals surface area contributed by atoms with Crippen molar-refractivity contribution in [2.45, 2.75) is 20.0 Å². The Morgan fingerprint density at radius 3 is 2.75 bits per heavy atom. The average molecular weight is 401 g/mol. The second-order valence-corrected chi connectivity index (χ2v) is 6.90. The number of carbonyl (C=O) groups excluding carboxylic acids is 1. The maximum Gasteiger partial charge on any atom is 0.271 e. The van der Waals surface area contributed by atoms with Gasteiger partial charge in [0.05, 0.1) is 22.7 Å². The molecule has 0 saturated carbocycles. The quantitative estimate of drug-likeness (QED) is 0.472. The minimum atomic E-state index is -0.511. The third kappa shape index (κ3) is 5.10. The monoisotopic (exact) mass is 401 g/mol. The Balaban J connectivity index is 1.57. The van der Waals surface area contributed by atoms with E-state index in [9.17, 15) is 19.3 Å². The van der Waals surface area contributed by atoms with Crippen LogP contribution in [-0.2, 0) is 17.8 Å². The summed E-state index contributed by atoms with van der Waals surface area (Å²) in [6, 6.07) is 9.97. The predicted octanol–water partition coefficient (Wildman–Crippen LogP) is 4.26. The summed E-state index contributed by atoms with van der Waals surface area (Å²) >= 11 is 1.35. The number of rotatable bonds is 7. The molecule has 0 saturated heterocycles. The first-order valence-electron chi connectivity index (χ1n) is 8.27. The molecule has 0 unspecified atom stereocenters. The number of hydrogen-bond donors (Lipinski definition) is 1. The van der Waals surface area contributed by atoms with Crippen molar-refractivity contribution in [3.63, 3.8) is 0 Å². The van der Waals surface area contributed by atoms with Gasteiger partial charge in [0.25, 0.3) is 5.69 Å². The number of nitrogens with one attached hydrogen (secondary N) is 1. The van der Waals surface area contributed by atoms with Gasteiger partial charge in [0.15, 0.2) is 0 Å². The van der Waals surface area contributed by atoms with Crippen LogP contribution in [0.4, 0.5) is 15.8 Å². The number of benzene rings is 2. The van der Waals surface area contributed by atoms with Crippen LogP contribution < -0.4 is 10.1 Å². The molecular formula is C19H16FN3O4S. The number of anilines is 1. The molecule has 0 aliphatic carbocycles. The van der Waals surface area contributed by atoms with Crippen molar-refractivity contribution in [2.75, 3.05) is 5.32 Å². The van der Waals surface area contributed by atoms with E-state index >= 15 is 0 Å². The van der Waals surface area contributed by atoms with E-state index in [1.807, 2.05) is 0 Å². The van der Waals surface area contributed by atoms with Gasteiger partial charge in [-0.25, -0.2) is 9.37 Å². The standard InChI is InChI=1S/C19H16FN3O4S/c1-12-2-5-15(23(25)26)9-17(12)22-18(24)8-14-11-28-19(21-14)10-27-16-6-3-13(20)4-7-16/h2-7,9,11H,8,10H2,1H3,(H,22,24). The van der Waals surface area contributed by atoms with Crippen LogP contribution in [0.15, 0.2) is 47.8 Å². The topological polar surface area (TPSA) is 94.4 Å². The Morgan fingerprint density at radius 2 is 2.04 bits per heavy atom. The zero-order valence-electron chi connectivity index (χ0n) is 14.8. The van der Waals surface area contributed by atoms with E-state index in [0.717, 1.165) is 5.56 Å². The number of amides is 1. The van der Waals surface area contributed by atoms with E-state index in [4.69, 9.17) is 4.74 Å². The summed E-state index contributed by atoms with van der Waals surface area (Å²) in [5.41, 5.74) is 1.61. The summed E-state index contributed by atoms with van der Waals surface area (Å²) in [5.74, 6) is -0.133. The van der Waals surface area contributed by atoms with Crippen molar-refractivity contribution in [3.05, 3.63) is 80.0 Å². The molecule has 3 aromatic rings. The van der Waals surface area contributed by atoms with E-state index in [2.05, 4.69) is 10.3 Å². The number of aromatic nitrogens is 1. The molecule has 0 aliphatic heterocycles. The van der Waals surface area contributed by atoms with E-state index in [0.29, 0.717) is 22.1 Å². The van der Waals surface area contributed by atoms with Crippen LogP contribution in [-0.4, -0.2) is 15.8 Å². The fourth-order valence-electron chi connectivity index (χ4n) is 2.39. The van der Waals surface area contributed by atoms with Crippen LogP contribution in [0.2, 0.25) is 0 Å². The lowest BCUT2D eigenvalue weighted by atomic mass is 10.1. The van der Waals surface area contributed by atoms with Crippen LogP contribution in [0.1, 0.15) is 16.3 Å². The van der Waals surface area contributed by atoms with Gasteiger partial charge in [-0.3, -0.25) is 14.9 Å². The maximum absolute atomic E-state index is 12.9. The lowest BCUT2D eigenvalue weighted by molar-refractivity contribution is -0.384. The van der Waals surface area contributed by atoms with Gasteiger partial charge < -0.3 is 10.1 Å². The number of ether oxygens (including phenoxy) is 1. The first-order valence-corrected chi connectivity index (χ1v) is 9.15. The molecule has 1 heterocycles. The second kappa shape index (κ2) is 8.57. The average Bonchev–Trinajstić information content (AvgIpc) is 3.10. The zero-order chi connectivity index (χ0) is 20.1. The lowest BCUT2D eigenvalue weighted by Gasteiger charge is -2.07. The molecule has 0 fully saturated rings. The molecule has 28 heavy (non-hydrogen) atoms. The molecule has 9 heteroatoms. The maximum atomic E-state index is 12.9. The normalized spacial score (nSPS) is 10.5. The van der Waals surface area contributed by atoms with Crippen LogP contribution in [0.25, 0.3) is 0 Å². The molecule has 0 radical (unpaired) electrons. The van der Waals surface area contributed by atoms with E-state index in [1.54, 1.807) is 18.4 Å². The number of halogens is 1. The van der Waals surface area contributed by atoms with Gasteiger partial charge in [-0.1, -0.05) is 6.07 Å². The molecule has 2 aromatic carbocycles. The molecule has 1 amide bonds. The van der Waals surface area contributed by atoms with Crippen molar-refractivity contribution in [2.24, 2.45) is 0 Å². The Morgan fingerprint density at radius 1 is 1.29 bits per heavy atom. The van der Waals surface area contributed by atoms with Crippen LogP contribution >= 0.6 is 11.3 Å². The molecule has 3 rings (SSSR count). The van der Waals surface area contributed by atoms with Crippen molar-refractivity contribution < 1.29 is 18.8 Å². The largest absolute Gasteiger partial charge is 0.486 e. The van der Waals surface area contributed by atoms with Crippen molar-refractivity contribution in [1.29, 1.82) is 0 Å². The number of aryl methyl sites for hydroxylation is 1. The molecule has 0 bridgehead atoms. The number of non-ortho nitro benzene ring substituents is 1. The Hall–Kier alpha value is -3.33. The van der Waals surface area contributed by atoms with Crippen LogP contribution in [0.5, 0.6) is 5.75 Å². The number of thiazole rings is 1. The first kappa shape index (κ1) is 19.4. The summed E-state index contributed by atoms with van der Waals surface area (Å²) < 4.78 is 18.4. The highest BCUT2D eigenvalue weighted by atomic mass is 32.1. The van der Waals surface area contributed by atoms with Gasteiger partial charge >= 0.3 is 0 Å². The van der Waals surface area contributed by atoms with E-state index in [-0.39, 0.29) is 30.4 Å². The molecule has 7 nitrogen and oxygen atoms in total. The number of nitro benzene ring substituents is 1. The van der Waals surface area contributed by atoms with Gasteiger partial charge in [-0.05, 0) is 36.8 Å². The highest BCUT2D eigenvalue weighted by Gasteiger charge is 2.13. The fraction of sp³-hybridized carbons (Fsp3) is 0.158. The molecule has 1 N–H and O–H groups in total. The summed E-state index contributed by atoms with van der Waals surface area (Å²) in [6.07, 6.45) is 0.0369. The Labute approximate surface area is 164 Å². The summed E-state index contributed by atoms with van der Waals surface area (Å²) in [7, 11) is 0. The molecule has 0 aliphatic rings. The number of hydrogen-bond acceptors (Lipinski definition) is 6. The fourth-order valence-corrected chi connectivity index (χ4v) is 3.09. The molecule has 0 atom stereocenters. The van der Waals surface area contributed by atoms with Crippen LogP contribution in [0.3, 0.4) is 0 Å². The Kier molecular flexibility index (Phi) is 5.95. The zero-order valence-corrected chi connectivity index (χ0v) is 15.7.